The Morgan fingerprint density at radius 3 is 2.64 bits per heavy atom. The lowest BCUT2D eigenvalue weighted by Crippen LogP contribution is -2.14. The van der Waals surface area contributed by atoms with Crippen LogP contribution in [0.15, 0.2) is 18.3 Å². The lowest BCUT2D eigenvalue weighted by Gasteiger charge is -2.21. The van der Waals surface area contributed by atoms with Crippen LogP contribution in [0.3, 0.4) is 0 Å². The monoisotopic (exact) mass is 189 g/mol. The summed E-state index contributed by atoms with van der Waals surface area (Å²) in [6.07, 6.45) is 1.84. The Morgan fingerprint density at radius 2 is 2.00 bits per heavy atom. The van der Waals surface area contributed by atoms with Crippen LogP contribution in [-0.2, 0) is 5.41 Å². The zero-order valence-corrected chi connectivity index (χ0v) is 8.76. The van der Waals surface area contributed by atoms with E-state index in [1.807, 2.05) is 18.3 Å². The van der Waals surface area contributed by atoms with Crippen molar-refractivity contribution in [1.29, 1.82) is 0 Å². The molecule has 0 bridgehead atoms. The first-order valence-electron chi connectivity index (χ1n) is 4.72. The normalized spacial score (nSPS) is 12.2. The van der Waals surface area contributed by atoms with Gasteiger partial charge in [0.1, 0.15) is 0 Å². The maximum Gasteiger partial charge on any atom is 0.0654 e. The molecule has 0 spiro atoms. The van der Waals surface area contributed by atoms with Crippen LogP contribution >= 0.6 is 0 Å². The molecule has 3 nitrogen and oxygen atoms in total. The molecule has 3 N–H and O–H groups in total. The molecule has 1 heterocycles. The molecule has 0 unspecified atom stereocenters. The smallest absolute Gasteiger partial charge is 0.0654 e. The van der Waals surface area contributed by atoms with Crippen molar-refractivity contribution in [2.75, 3.05) is 5.73 Å². The molecule has 0 aliphatic heterocycles. The highest BCUT2D eigenvalue weighted by Gasteiger charge is 2.20. The average Bonchev–Trinajstić information content (AvgIpc) is 2.48. The maximum absolute atomic E-state index is 5.99. The number of benzene rings is 1. The van der Waals surface area contributed by atoms with Crippen molar-refractivity contribution >= 4 is 16.6 Å². The second-order valence-corrected chi connectivity index (χ2v) is 4.61. The zero-order valence-electron chi connectivity index (χ0n) is 8.76. The van der Waals surface area contributed by atoms with Crippen molar-refractivity contribution in [1.82, 2.24) is 10.2 Å². The quantitative estimate of drug-likeness (QED) is 0.625. The van der Waals surface area contributed by atoms with E-state index in [1.165, 1.54) is 5.56 Å². The van der Waals surface area contributed by atoms with Crippen molar-refractivity contribution in [2.45, 2.75) is 26.2 Å². The number of nitrogens with zero attached hydrogens (tertiary/aromatic N) is 1. The summed E-state index contributed by atoms with van der Waals surface area (Å²) in [7, 11) is 0. The molecule has 0 aliphatic carbocycles. The molecule has 1 aromatic heterocycles. The summed E-state index contributed by atoms with van der Waals surface area (Å²) in [4.78, 5) is 0. The molecule has 0 aliphatic rings. The summed E-state index contributed by atoms with van der Waals surface area (Å²) in [5.74, 6) is 0. The number of hydrogen-bond acceptors (Lipinski definition) is 2. The predicted octanol–water partition coefficient (Wildman–Crippen LogP) is 2.44. The zero-order chi connectivity index (χ0) is 10.3. The molecule has 2 aromatic rings. The second-order valence-electron chi connectivity index (χ2n) is 4.61. The van der Waals surface area contributed by atoms with Gasteiger partial charge in [-0.3, -0.25) is 5.10 Å². The van der Waals surface area contributed by atoms with Crippen LogP contribution in [0, 0.1) is 0 Å². The van der Waals surface area contributed by atoms with Gasteiger partial charge >= 0.3 is 0 Å². The third-order valence-corrected chi connectivity index (χ3v) is 2.41. The molecular formula is C11H15N3. The van der Waals surface area contributed by atoms with E-state index in [1.54, 1.807) is 0 Å². The second kappa shape index (κ2) is 2.74. The van der Waals surface area contributed by atoms with Crippen LogP contribution in [-0.4, -0.2) is 10.2 Å². The van der Waals surface area contributed by atoms with E-state index >= 15 is 0 Å². The van der Waals surface area contributed by atoms with Crippen LogP contribution < -0.4 is 5.73 Å². The van der Waals surface area contributed by atoms with Crippen LogP contribution in [0.25, 0.3) is 10.9 Å². The van der Waals surface area contributed by atoms with Gasteiger partial charge in [0.05, 0.1) is 11.7 Å². The van der Waals surface area contributed by atoms with E-state index in [0.717, 1.165) is 16.6 Å². The van der Waals surface area contributed by atoms with E-state index in [-0.39, 0.29) is 5.41 Å². The predicted molar refractivity (Wildman–Crippen MR) is 59.2 cm³/mol. The van der Waals surface area contributed by atoms with Crippen LogP contribution in [0.2, 0.25) is 0 Å². The Hall–Kier alpha value is -1.51. The van der Waals surface area contributed by atoms with Crippen molar-refractivity contribution in [3.05, 3.63) is 23.9 Å². The van der Waals surface area contributed by atoms with E-state index in [9.17, 15) is 0 Å². The van der Waals surface area contributed by atoms with Gasteiger partial charge in [-0.25, -0.2) is 0 Å². The molecule has 2 rings (SSSR count). The molecule has 0 fully saturated rings. The Labute approximate surface area is 83.3 Å². The minimum atomic E-state index is 0.0491. The van der Waals surface area contributed by atoms with E-state index in [0.29, 0.717) is 0 Å². The number of nitrogens with two attached hydrogens (primary N) is 1. The number of aromatic amines is 1. The Morgan fingerprint density at radius 1 is 1.29 bits per heavy atom. The first-order chi connectivity index (χ1) is 6.50. The SMILES string of the molecule is CC(C)(C)c1c(N)ccc2[nH]ncc12. The average molecular weight is 189 g/mol. The Balaban J connectivity index is 2.83. The molecule has 0 amide bonds. The number of nitrogen functional groups attached to an aromatic ring is 1. The highest BCUT2D eigenvalue weighted by Crippen LogP contribution is 2.33. The number of hydrogen-bond donors (Lipinski definition) is 2. The van der Waals surface area contributed by atoms with E-state index in [2.05, 4.69) is 31.0 Å². The molecule has 14 heavy (non-hydrogen) atoms. The summed E-state index contributed by atoms with van der Waals surface area (Å²) in [6.45, 7) is 6.47. The molecule has 0 atom stereocenters. The number of rotatable bonds is 0. The van der Waals surface area contributed by atoms with Gasteiger partial charge in [-0.2, -0.15) is 5.10 Å². The maximum atomic E-state index is 5.99. The highest BCUT2D eigenvalue weighted by atomic mass is 15.1. The van der Waals surface area contributed by atoms with Crippen molar-refractivity contribution in [3.63, 3.8) is 0 Å². The first kappa shape index (κ1) is 9.06. The molecule has 0 saturated carbocycles. The van der Waals surface area contributed by atoms with Crippen molar-refractivity contribution in [2.24, 2.45) is 0 Å². The van der Waals surface area contributed by atoms with Gasteiger partial charge in [0.2, 0.25) is 0 Å². The Bertz CT molecular complexity index is 463. The standard InChI is InChI=1S/C11H15N3/c1-11(2,3)10-7-6-13-14-9(7)5-4-8(10)12/h4-6H,12H2,1-3H3,(H,13,14). The molecule has 74 valence electrons. The minimum Gasteiger partial charge on any atom is -0.398 e. The number of aromatic nitrogens is 2. The molecule has 1 aromatic carbocycles. The fourth-order valence-electron chi connectivity index (χ4n) is 1.87. The number of fused-ring (bicyclic) bond motifs is 1. The fraction of sp³-hybridized carbons (Fsp3) is 0.364. The lowest BCUT2D eigenvalue weighted by molar-refractivity contribution is 0.598. The van der Waals surface area contributed by atoms with Gasteiger partial charge in [-0.1, -0.05) is 20.8 Å². The van der Waals surface area contributed by atoms with Crippen molar-refractivity contribution in [3.8, 4) is 0 Å². The molecule has 3 heteroatoms. The minimum absolute atomic E-state index is 0.0491. The molecule has 0 radical (unpaired) electrons. The third-order valence-electron chi connectivity index (χ3n) is 2.41. The summed E-state index contributed by atoms with van der Waals surface area (Å²) in [6, 6.07) is 3.90. The van der Waals surface area contributed by atoms with Crippen molar-refractivity contribution < 1.29 is 0 Å². The van der Waals surface area contributed by atoms with Gasteiger partial charge in [0.15, 0.2) is 0 Å². The Kier molecular flexibility index (Phi) is 1.77. The van der Waals surface area contributed by atoms with Crippen LogP contribution in [0.1, 0.15) is 26.3 Å². The number of nitrogens with one attached hydrogen (secondary N) is 1. The largest absolute Gasteiger partial charge is 0.398 e. The summed E-state index contributed by atoms with van der Waals surface area (Å²) >= 11 is 0. The molecule has 0 saturated heterocycles. The first-order valence-corrected chi connectivity index (χ1v) is 4.72. The summed E-state index contributed by atoms with van der Waals surface area (Å²) in [5, 5.41) is 8.11. The topological polar surface area (TPSA) is 54.7 Å². The fourth-order valence-corrected chi connectivity index (χ4v) is 1.87. The van der Waals surface area contributed by atoms with Gasteiger partial charge in [-0.15, -0.1) is 0 Å². The van der Waals surface area contributed by atoms with Gasteiger partial charge in [0.25, 0.3) is 0 Å². The van der Waals surface area contributed by atoms with Crippen LogP contribution in [0.4, 0.5) is 5.69 Å². The number of H-pyrrole nitrogens is 1. The van der Waals surface area contributed by atoms with Gasteiger partial charge in [-0.05, 0) is 23.1 Å². The van der Waals surface area contributed by atoms with E-state index in [4.69, 9.17) is 5.73 Å². The highest BCUT2D eigenvalue weighted by molar-refractivity contribution is 5.87. The number of anilines is 1. The lowest BCUT2D eigenvalue weighted by atomic mass is 9.84. The van der Waals surface area contributed by atoms with Gasteiger partial charge < -0.3 is 5.73 Å². The summed E-state index contributed by atoms with van der Waals surface area (Å²) in [5.41, 5.74) is 9.09. The van der Waals surface area contributed by atoms with Gasteiger partial charge in [0, 0.05) is 11.1 Å². The molecular weight excluding hydrogens is 174 g/mol. The summed E-state index contributed by atoms with van der Waals surface area (Å²) < 4.78 is 0. The third kappa shape index (κ3) is 1.25. The van der Waals surface area contributed by atoms with E-state index < -0.39 is 0 Å². The van der Waals surface area contributed by atoms with Crippen LogP contribution in [0.5, 0.6) is 0 Å².